The highest BCUT2D eigenvalue weighted by molar-refractivity contribution is 5.36. The summed E-state index contributed by atoms with van der Waals surface area (Å²) in [5.41, 5.74) is 0. The molecule has 0 aromatic rings. The Hall–Kier alpha value is -0.530. The molecule has 0 unspecified atom stereocenters. The number of hydrogen-bond donors (Lipinski definition) is 0. The van der Waals surface area contributed by atoms with E-state index in [1.807, 2.05) is 0 Å². The summed E-state index contributed by atoms with van der Waals surface area (Å²) < 4.78 is 2.93. The predicted molar refractivity (Wildman–Crippen MR) is 13.8 cm³/mol. The van der Waals surface area contributed by atoms with Crippen molar-refractivity contribution < 1.29 is 9.53 Å². The Morgan fingerprint density at radius 1 is 2.00 bits per heavy atom. The molecule has 24 valence electrons. The molecule has 0 heterocycles. The van der Waals surface area contributed by atoms with E-state index in [9.17, 15) is 0 Å². The zero-order valence-corrected chi connectivity index (χ0v) is 2.36. The zero-order chi connectivity index (χ0) is 3.41. The molecular formula is C2H4O2. The van der Waals surface area contributed by atoms with Gasteiger partial charge in [0.2, 0.25) is 6.47 Å². The lowest BCUT2D eigenvalue weighted by Gasteiger charge is -1.82. The fourth-order valence-corrected chi connectivity index (χ4v) is 0. The molecule has 1 N–H and O–H groups in total. The molecule has 0 aliphatic heterocycles. The standard InChI is InChI=1S/C2H4O2/c1-4-2-3/h4H,1H3. The lowest BCUT2D eigenvalue weighted by atomic mass is 11.5. The maximum absolute atomic E-state index is 8.88. The summed E-state index contributed by atoms with van der Waals surface area (Å²) in [4.78, 5) is 8.88. The van der Waals surface area contributed by atoms with Gasteiger partial charge in [-0.15, -0.1) is 0 Å². The molecule has 0 saturated carbocycles. The normalized spacial score (nSPS) is 5.25. The first kappa shape index (κ1) is 3.47. The second kappa shape index (κ2) is 2.47. The summed E-state index contributed by atoms with van der Waals surface area (Å²) >= 11 is 0. The third-order valence-electron chi connectivity index (χ3n) is 0.0913. The van der Waals surface area contributed by atoms with Gasteiger partial charge in [-0.3, -0.25) is 0 Å². The van der Waals surface area contributed by atoms with Crippen LogP contribution in [0.4, 0.5) is 0 Å². The van der Waals surface area contributed by atoms with Gasteiger partial charge in [0, 0.05) is 0 Å². The molecule has 0 aromatic carbocycles. The van der Waals surface area contributed by atoms with Gasteiger partial charge in [-0.2, -0.15) is 0 Å². The molecule has 4 heavy (non-hydrogen) atoms. The molecule has 0 rings (SSSR count). The van der Waals surface area contributed by atoms with E-state index in [1.54, 1.807) is 0 Å². The fraction of sp³-hybridized carbons (Fsp3) is 0.500. The smallest absolute Gasteiger partial charge is 0.217 e. The van der Waals surface area contributed by atoms with Crippen molar-refractivity contribution in [3.05, 3.63) is 0 Å². The van der Waals surface area contributed by atoms with Gasteiger partial charge in [0.05, 0.1) is 7.11 Å². The minimum Gasteiger partial charge on any atom is -0.720 e. The summed E-state index contributed by atoms with van der Waals surface area (Å²) in [6, 6.07) is 0. The van der Waals surface area contributed by atoms with Crippen molar-refractivity contribution >= 4 is 6.47 Å². The van der Waals surface area contributed by atoms with E-state index in [4.69, 9.17) is 4.79 Å². The second-order valence-corrected chi connectivity index (χ2v) is 0.315. The Kier molecular flexibility index (Phi) is 2.14. The Morgan fingerprint density at radius 2 is 2.25 bits per heavy atom. The Balaban J connectivity index is 2.30. The maximum Gasteiger partial charge on any atom is 0.217 e. The van der Waals surface area contributed by atoms with Crippen molar-refractivity contribution in [3.63, 3.8) is 0 Å². The topological polar surface area (TPSA) is 29.9 Å². The first-order valence-corrected chi connectivity index (χ1v) is 0.875. The summed E-state index contributed by atoms with van der Waals surface area (Å²) in [7, 11) is 1.38. The van der Waals surface area contributed by atoms with Crippen molar-refractivity contribution in [2.24, 2.45) is 0 Å². The highest BCUT2D eigenvalue weighted by atomic mass is 16.5. The minimum absolute atomic E-state index is 1.31. The van der Waals surface area contributed by atoms with E-state index in [0.717, 1.165) is 0 Å². The molecule has 0 saturated heterocycles. The minimum atomic E-state index is 1.31. The van der Waals surface area contributed by atoms with Crippen molar-refractivity contribution in [1.29, 1.82) is 0 Å². The van der Waals surface area contributed by atoms with Gasteiger partial charge in [0.25, 0.3) is 0 Å². The Morgan fingerprint density at radius 3 is 2.25 bits per heavy atom. The van der Waals surface area contributed by atoms with E-state index in [2.05, 4.69) is 4.74 Å². The Labute approximate surface area is 24.4 Å². The number of rotatable bonds is 1. The highest BCUT2D eigenvalue weighted by Gasteiger charge is 1.34. The van der Waals surface area contributed by atoms with Crippen LogP contribution in [0.25, 0.3) is 0 Å². The van der Waals surface area contributed by atoms with Crippen molar-refractivity contribution in [2.45, 2.75) is 0 Å². The fourth-order valence-electron chi connectivity index (χ4n) is 0. The van der Waals surface area contributed by atoms with E-state index in [-0.39, 0.29) is 0 Å². The molecule has 0 radical (unpaired) electrons. The third kappa shape index (κ3) is 1.47. The molecule has 0 spiro atoms. The van der Waals surface area contributed by atoms with Crippen LogP contribution >= 0.6 is 0 Å². The van der Waals surface area contributed by atoms with Gasteiger partial charge in [0.1, 0.15) is 0 Å². The molecule has 0 bridgehead atoms. The zero-order valence-electron chi connectivity index (χ0n) is 2.36. The second-order valence-electron chi connectivity index (χ2n) is 0.315. The lowest BCUT2D eigenvalue weighted by molar-refractivity contribution is 0.177. The first-order valence-electron chi connectivity index (χ1n) is 0.875. The summed E-state index contributed by atoms with van der Waals surface area (Å²) in [5.74, 6) is 0. The molecule has 0 fully saturated rings. The van der Waals surface area contributed by atoms with Crippen molar-refractivity contribution in [1.82, 2.24) is 0 Å². The van der Waals surface area contributed by atoms with Crippen LogP contribution in [0.1, 0.15) is 0 Å². The molecule has 0 aliphatic rings. The molecular weight excluding hydrogens is 56.0 g/mol. The molecule has 0 aromatic heterocycles. The van der Waals surface area contributed by atoms with Crippen LogP contribution in [0, 0.1) is 0 Å². The average molecular weight is 60.1 g/mol. The van der Waals surface area contributed by atoms with Crippen LogP contribution in [-0.4, -0.2) is 18.3 Å². The quantitative estimate of drug-likeness (QED) is 0.288. The number of ether oxygens (including phenoxy) is 1. The van der Waals surface area contributed by atoms with Crippen LogP contribution in [0.15, 0.2) is 0 Å². The molecule has 2 heteroatoms. The van der Waals surface area contributed by atoms with Crippen LogP contribution in [0.2, 0.25) is 0 Å². The maximum atomic E-state index is 8.88. The van der Waals surface area contributed by atoms with Gasteiger partial charge in [-0.1, -0.05) is 0 Å². The lowest BCUT2D eigenvalue weighted by Crippen LogP contribution is -1.77. The molecule has 0 amide bonds. The first-order chi connectivity index (χ1) is 1.91. The summed E-state index contributed by atoms with van der Waals surface area (Å²) in [5, 5.41) is 0. The molecule has 0 aliphatic carbocycles. The van der Waals surface area contributed by atoms with Gasteiger partial charge in [-0.05, 0) is 0 Å². The Bertz CT molecular complexity index is 18.0. The van der Waals surface area contributed by atoms with Gasteiger partial charge in [-0.25, -0.2) is 4.79 Å². The van der Waals surface area contributed by atoms with Crippen LogP contribution in [0.3, 0.4) is 0 Å². The number of hydrogen-bond acceptors (Lipinski definition) is 1. The van der Waals surface area contributed by atoms with E-state index < -0.39 is 0 Å². The van der Waals surface area contributed by atoms with E-state index in [1.165, 1.54) is 13.6 Å². The molecule has 2 nitrogen and oxygen atoms in total. The van der Waals surface area contributed by atoms with Crippen LogP contribution in [-0.2, 0) is 4.79 Å². The van der Waals surface area contributed by atoms with Crippen LogP contribution < -0.4 is 0 Å². The van der Waals surface area contributed by atoms with E-state index >= 15 is 0 Å². The SMILES string of the molecule is C[OH+][C-]=O. The van der Waals surface area contributed by atoms with Crippen LogP contribution in [0.5, 0.6) is 0 Å². The summed E-state index contributed by atoms with van der Waals surface area (Å²) in [6.07, 6.45) is 0. The van der Waals surface area contributed by atoms with E-state index in [0.29, 0.717) is 0 Å². The largest absolute Gasteiger partial charge is 0.720 e. The van der Waals surface area contributed by atoms with Crippen molar-refractivity contribution in [3.8, 4) is 0 Å². The molecule has 0 atom stereocenters. The average Bonchev–Trinajstić information content (AvgIpc) is 1.37. The van der Waals surface area contributed by atoms with Gasteiger partial charge < -0.3 is 4.74 Å². The monoisotopic (exact) mass is 60.0 g/mol. The summed E-state index contributed by atoms with van der Waals surface area (Å²) in [6.45, 7) is 1.31. The van der Waals surface area contributed by atoms with Gasteiger partial charge >= 0.3 is 0 Å². The van der Waals surface area contributed by atoms with Gasteiger partial charge in [0.15, 0.2) is 0 Å². The predicted octanol–water partition coefficient (Wildman–Crippen LogP) is -0.789. The van der Waals surface area contributed by atoms with Crippen molar-refractivity contribution in [2.75, 3.05) is 7.11 Å². The highest BCUT2D eigenvalue weighted by Crippen LogP contribution is 1.25. The third-order valence-corrected chi connectivity index (χ3v) is 0.0913. The number of aliphatic hydroxyl groups is 1.